The first-order valence-electron chi connectivity index (χ1n) is 6.74. The minimum absolute atomic E-state index is 0.0123. The molecule has 0 aromatic heterocycles. The normalized spacial score (nSPS) is 10.2. The average Bonchev–Trinajstić information content (AvgIpc) is 2.52. The van der Waals surface area contributed by atoms with E-state index in [-0.39, 0.29) is 32.2 Å². The molecule has 25 heavy (non-hydrogen) atoms. The molecule has 0 bridgehead atoms. The van der Waals surface area contributed by atoms with Crippen LogP contribution in [0.25, 0.3) is 0 Å². The number of carbonyl (C=O) groups excluding carboxylic acids is 1. The lowest BCUT2D eigenvalue weighted by Gasteiger charge is -2.11. The average molecular weight is 400 g/mol. The highest BCUT2D eigenvalue weighted by molar-refractivity contribution is 7.80. The fraction of sp³-hybridized carbons (Fsp3) is 0.0667. The molecule has 0 unspecified atom stereocenters. The SMILES string of the molecule is Cc1ccc(C(=O)NC(=S)Nc2cc(Cl)c(O)c(Cl)c2)cc1[N+](=O)[O-]. The first kappa shape index (κ1) is 18.9. The van der Waals surface area contributed by atoms with Crippen LogP contribution in [0.2, 0.25) is 10.0 Å². The maximum atomic E-state index is 12.2. The van der Waals surface area contributed by atoms with Crippen LogP contribution in [-0.2, 0) is 0 Å². The van der Waals surface area contributed by atoms with Crippen molar-refractivity contribution in [1.29, 1.82) is 0 Å². The van der Waals surface area contributed by atoms with E-state index in [1.807, 2.05) is 0 Å². The van der Waals surface area contributed by atoms with Crippen molar-refractivity contribution in [1.82, 2.24) is 5.32 Å². The Labute approximate surface area is 157 Å². The van der Waals surface area contributed by atoms with Crippen molar-refractivity contribution < 1.29 is 14.8 Å². The smallest absolute Gasteiger partial charge is 0.273 e. The predicted molar refractivity (Wildman–Crippen MR) is 99.6 cm³/mol. The summed E-state index contributed by atoms with van der Waals surface area (Å²) in [6.45, 7) is 1.57. The van der Waals surface area contributed by atoms with Crippen LogP contribution in [0.15, 0.2) is 30.3 Å². The highest BCUT2D eigenvalue weighted by atomic mass is 35.5. The summed E-state index contributed by atoms with van der Waals surface area (Å²) in [6, 6.07) is 6.84. The molecule has 0 fully saturated rings. The number of nitro benzene ring substituents is 1. The third-order valence-corrected chi connectivity index (χ3v) is 3.95. The van der Waals surface area contributed by atoms with Gasteiger partial charge in [0.15, 0.2) is 10.9 Å². The van der Waals surface area contributed by atoms with Crippen molar-refractivity contribution >= 4 is 57.8 Å². The molecule has 3 N–H and O–H groups in total. The predicted octanol–water partition coefficient (Wildman–Crippen LogP) is 4.04. The monoisotopic (exact) mass is 399 g/mol. The molecule has 0 spiro atoms. The van der Waals surface area contributed by atoms with Gasteiger partial charge in [-0.05, 0) is 37.3 Å². The van der Waals surface area contributed by atoms with Gasteiger partial charge in [0.1, 0.15) is 0 Å². The van der Waals surface area contributed by atoms with Crippen LogP contribution in [0.1, 0.15) is 15.9 Å². The second-order valence-electron chi connectivity index (χ2n) is 4.96. The number of halogens is 2. The number of nitro groups is 1. The van der Waals surface area contributed by atoms with E-state index < -0.39 is 10.8 Å². The van der Waals surface area contributed by atoms with Crippen molar-refractivity contribution in [3.05, 3.63) is 61.6 Å². The molecule has 10 heteroatoms. The molecule has 0 aliphatic heterocycles. The summed E-state index contributed by atoms with van der Waals surface area (Å²) in [6.07, 6.45) is 0. The van der Waals surface area contributed by atoms with Crippen LogP contribution < -0.4 is 10.6 Å². The Morgan fingerprint density at radius 1 is 1.24 bits per heavy atom. The van der Waals surface area contributed by atoms with Crippen LogP contribution in [0.3, 0.4) is 0 Å². The van der Waals surface area contributed by atoms with Crippen molar-refractivity contribution in [2.45, 2.75) is 6.92 Å². The molecule has 0 heterocycles. The molecule has 0 radical (unpaired) electrons. The number of anilines is 1. The molecular weight excluding hydrogens is 389 g/mol. The minimum Gasteiger partial charge on any atom is -0.505 e. The van der Waals surface area contributed by atoms with Crippen LogP contribution in [0, 0.1) is 17.0 Å². The van der Waals surface area contributed by atoms with Crippen molar-refractivity contribution in [3.8, 4) is 5.75 Å². The number of amides is 1. The molecular formula is C15H11Cl2N3O4S. The van der Waals surface area contributed by atoms with Gasteiger partial charge in [0, 0.05) is 22.9 Å². The lowest BCUT2D eigenvalue weighted by molar-refractivity contribution is -0.385. The van der Waals surface area contributed by atoms with E-state index >= 15 is 0 Å². The van der Waals surface area contributed by atoms with Gasteiger partial charge < -0.3 is 10.4 Å². The summed E-state index contributed by atoms with van der Waals surface area (Å²) >= 11 is 16.6. The minimum atomic E-state index is -0.614. The standard InChI is InChI=1S/C15H11Cl2N3O4S/c1-7-2-3-8(4-12(7)20(23)24)14(22)19-15(25)18-9-5-10(16)13(21)11(17)6-9/h2-6,21H,1H3,(H2,18,19,22,25). The zero-order valence-corrected chi connectivity index (χ0v) is 15.0. The van der Waals surface area contributed by atoms with Crippen molar-refractivity contribution in [2.75, 3.05) is 5.32 Å². The number of phenolic OH excluding ortho intramolecular Hbond substituents is 1. The molecule has 1 amide bonds. The van der Waals surface area contributed by atoms with E-state index in [0.717, 1.165) is 0 Å². The second-order valence-corrected chi connectivity index (χ2v) is 6.18. The Balaban J connectivity index is 2.12. The number of nitrogens with one attached hydrogen (secondary N) is 2. The third-order valence-electron chi connectivity index (χ3n) is 3.17. The number of thiocarbonyl (C=S) groups is 1. The first-order chi connectivity index (χ1) is 11.7. The summed E-state index contributed by atoms with van der Waals surface area (Å²) in [4.78, 5) is 22.5. The maximum absolute atomic E-state index is 12.2. The molecule has 130 valence electrons. The molecule has 0 saturated heterocycles. The van der Waals surface area contributed by atoms with E-state index in [0.29, 0.717) is 11.3 Å². The molecule has 0 atom stereocenters. The van der Waals surface area contributed by atoms with Gasteiger partial charge in [-0.1, -0.05) is 29.3 Å². The molecule has 7 nitrogen and oxygen atoms in total. The number of phenols is 1. The molecule has 0 aliphatic rings. The number of aromatic hydroxyl groups is 1. The zero-order chi connectivity index (χ0) is 18.7. The fourth-order valence-corrected chi connectivity index (χ4v) is 2.62. The van der Waals surface area contributed by atoms with Gasteiger partial charge >= 0.3 is 0 Å². The first-order valence-corrected chi connectivity index (χ1v) is 7.91. The number of hydrogen-bond donors (Lipinski definition) is 3. The van der Waals surface area contributed by atoms with Gasteiger partial charge in [-0.25, -0.2) is 0 Å². The number of nitrogens with zero attached hydrogens (tertiary/aromatic N) is 1. The molecule has 0 aliphatic carbocycles. The Morgan fingerprint density at radius 2 is 1.84 bits per heavy atom. The second kappa shape index (κ2) is 7.64. The van der Waals surface area contributed by atoms with Gasteiger partial charge in [-0.2, -0.15) is 0 Å². The van der Waals surface area contributed by atoms with Gasteiger partial charge in [0.25, 0.3) is 11.6 Å². The number of benzene rings is 2. The van der Waals surface area contributed by atoms with Gasteiger partial charge in [-0.3, -0.25) is 20.2 Å². The summed E-state index contributed by atoms with van der Waals surface area (Å²) in [5.74, 6) is -0.882. The number of hydrogen-bond acceptors (Lipinski definition) is 5. The van der Waals surface area contributed by atoms with Crippen molar-refractivity contribution in [3.63, 3.8) is 0 Å². The van der Waals surface area contributed by atoms with Gasteiger partial charge in [-0.15, -0.1) is 0 Å². The zero-order valence-electron chi connectivity index (χ0n) is 12.7. The van der Waals surface area contributed by atoms with E-state index in [1.54, 1.807) is 6.92 Å². The van der Waals surface area contributed by atoms with E-state index in [1.165, 1.54) is 30.3 Å². The molecule has 2 aromatic carbocycles. The van der Waals surface area contributed by atoms with E-state index in [9.17, 15) is 20.0 Å². The summed E-state index contributed by atoms with van der Waals surface area (Å²) in [5.41, 5.74) is 0.718. The summed E-state index contributed by atoms with van der Waals surface area (Å²) in [7, 11) is 0. The molecule has 2 rings (SSSR count). The molecule has 2 aromatic rings. The lowest BCUT2D eigenvalue weighted by atomic mass is 10.1. The van der Waals surface area contributed by atoms with Crippen LogP contribution in [-0.4, -0.2) is 21.0 Å². The van der Waals surface area contributed by atoms with Crippen LogP contribution >= 0.6 is 35.4 Å². The topological polar surface area (TPSA) is 104 Å². The van der Waals surface area contributed by atoms with Crippen LogP contribution in [0.5, 0.6) is 5.75 Å². The fourth-order valence-electron chi connectivity index (χ4n) is 1.92. The van der Waals surface area contributed by atoms with Gasteiger partial charge in [0.05, 0.1) is 15.0 Å². The Bertz CT molecular complexity index is 866. The summed E-state index contributed by atoms with van der Waals surface area (Å²) < 4.78 is 0. The Morgan fingerprint density at radius 3 is 2.40 bits per heavy atom. The highest BCUT2D eigenvalue weighted by Gasteiger charge is 2.16. The number of carbonyl (C=O) groups is 1. The number of aryl methyl sites for hydroxylation is 1. The van der Waals surface area contributed by atoms with Gasteiger partial charge in [0.2, 0.25) is 0 Å². The highest BCUT2D eigenvalue weighted by Crippen LogP contribution is 2.34. The largest absolute Gasteiger partial charge is 0.505 e. The van der Waals surface area contributed by atoms with E-state index in [2.05, 4.69) is 10.6 Å². The molecule has 0 saturated carbocycles. The van der Waals surface area contributed by atoms with Crippen molar-refractivity contribution in [2.24, 2.45) is 0 Å². The Kier molecular flexibility index (Phi) is 5.78. The number of rotatable bonds is 3. The lowest BCUT2D eigenvalue weighted by Crippen LogP contribution is -2.34. The Hall–Kier alpha value is -2.42. The third kappa shape index (κ3) is 4.56. The van der Waals surface area contributed by atoms with Crippen LogP contribution in [0.4, 0.5) is 11.4 Å². The summed E-state index contributed by atoms with van der Waals surface area (Å²) in [5, 5.41) is 25.5. The van der Waals surface area contributed by atoms with E-state index in [4.69, 9.17) is 35.4 Å². The quantitative estimate of drug-likeness (QED) is 0.311. The maximum Gasteiger partial charge on any atom is 0.273 e.